The number of benzene rings is 1. The molecule has 2 rings (SSSR count). The molecule has 0 saturated carbocycles. The summed E-state index contributed by atoms with van der Waals surface area (Å²) < 4.78 is 19.1. The lowest BCUT2D eigenvalue weighted by Crippen LogP contribution is -2.40. The molecule has 0 spiro atoms. The van der Waals surface area contributed by atoms with Crippen molar-refractivity contribution in [1.82, 2.24) is 10.2 Å². The van der Waals surface area contributed by atoms with Crippen molar-refractivity contribution in [2.45, 2.75) is 32.6 Å². The van der Waals surface area contributed by atoms with Gasteiger partial charge in [0.2, 0.25) is 0 Å². The molecule has 0 atom stereocenters. The van der Waals surface area contributed by atoms with Gasteiger partial charge >= 0.3 is 0 Å². The first-order valence-corrected chi connectivity index (χ1v) is 9.01. The van der Waals surface area contributed by atoms with Gasteiger partial charge in [0, 0.05) is 39.9 Å². The predicted molar refractivity (Wildman–Crippen MR) is 96.9 cm³/mol. The molecule has 4 nitrogen and oxygen atoms in total. The normalized spacial score (nSPS) is 16.2. The number of nitrogens with zero attached hydrogens (tertiary/aromatic N) is 2. The third-order valence-corrected chi connectivity index (χ3v) is 4.51. The molecule has 1 N–H and O–H groups in total. The van der Waals surface area contributed by atoms with Crippen LogP contribution in [0.1, 0.15) is 31.7 Å². The highest BCUT2D eigenvalue weighted by Gasteiger charge is 2.15. The molecule has 1 aliphatic heterocycles. The highest BCUT2D eigenvalue weighted by Crippen LogP contribution is 2.18. The number of halogens is 1. The molecule has 134 valence electrons. The fourth-order valence-corrected chi connectivity index (χ4v) is 2.97. The first-order chi connectivity index (χ1) is 11.7. The van der Waals surface area contributed by atoms with E-state index >= 15 is 0 Å². The molecule has 0 amide bonds. The van der Waals surface area contributed by atoms with Crippen LogP contribution in [0.2, 0.25) is 0 Å². The van der Waals surface area contributed by atoms with Crippen molar-refractivity contribution < 1.29 is 9.13 Å². The van der Waals surface area contributed by atoms with E-state index in [9.17, 15) is 4.39 Å². The maximum Gasteiger partial charge on any atom is 0.193 e. The van der Waals surface area contributed by atoms with E-state index in [-0.39, 0.29) is 5.82 Å². The number of guanidine groups is 1. The summed E-state index contributed by atoms with van der Waals surface area (Å²) in [5.41, 5.74) is 0.724. The Morgan fingerprint density at radius 2 is 2.08 bits per heavy atom. The van der Waals surface area contributed by atoms with E-state index in [2.05, 4.69) is 29.2 Å². The van der Waals surface area contributed by atoms with Crippen molar-refractivity contribution in [2.75, 3.05) is 39.9 Å². The van der Waals surface area contributed by atoms with E-state index < -0.39 is 0 Å². The van der Waals surface area contributed by atoms with Crippen molar-refractivity contribution in [3.8, 4) is 0 Å². The molecule has 1 saturated heterocycles. The lowest BCUT2D eigenvalue weighted by Gasteiger charge is -2.26. The first-order valence-electron chi connectivity index (χ1n) is 9.01. The van der Waals surface area contributed by atoms with Gasteiger partial charge in [-0.15, -0.1) is 0 Å². The highest BCUT2D eigenvalue weighted by atomic mass is 19.1. The van der Waals surface area contributed by atoms with E-state index in [1.807, 2.05) is 12.1 Å². The number of rotatable bonds is 7. The fraction of sp³-hybridized carbons (Fsp3) is 0.632. The van der Waals surface area contributed by atoms with Crippen LogP contribution in [0.15, 0.2) is 29.3 Å². The van der Waals surface area contributed by atoms with Gasteiger partial charge in [0.25, 0.3) is 0 Å². The second-order valence-corrected chi connectivity index (χ2v) is 6.34. The summed E-state index contributed by atoms with van der Waals surface area (Å²) in [6, 6.07) is 6.92. The van der Waals surface area contributed by atoms with E-state index in [0.717, 1.165) is 63.0 Å². The average Bonchev–Trinajstić information content (AvgIpc) is 2.61. The third-order valence-electron chi connectivity index (χ3n) is 4.51. The Morgan fingerprint density at radius 3 is 2.79 bits per heavy atom. The van der Waals surface area contributed by atoms with E-state index in [1.165, 1.54) is 6.07 Å². The van der Waals surface area contributed by atoms with E-state index in [1.54, 1.807) is 6.07 Å². The lowest BCUT2D eigenvalue weighted by molar-refractivity contribution is 0.0625. The predicted octanol–water partition coefficient (Wildman–Crippen LogP) is 3.08. The zero-order valence-electron chi connectivity index (χ0n) is 14.9. The summed E-state index contributed by atoms with van der Waals surface area (Å²) in [4.78, 5) is 6.83. The SMILES string of the molecule is CCNC(=NCCc1ccccc1F)N(C)CCC1CCOCC1. The Morgan fingerprint density at radius 1 is 1.33 bits per heavy atom. The summed E-state index contributed by atoms with van der Waals surface area (Å²) in [5, 5.41) is 3.33. The van der Waals surface area contributed by atoms with E-state index in [4.69, 9.17) is 4.74 Å². The van der Waals surface area contributed by atoms with Crippen molar-refractivity contribution in [3.63, 3.8) is 0 Å². The largest absolute Gasteiger partial charge is 0.381 e. The second kappa shape index (κ2) is 10.3. The van der Waals surface area contributed by atoms with Crippen LogP contribution in [0, 0.1) is 11.7 Å². The number of aliphatic imine (C=N–C) groups is 1. The minimum atomic E-state index is -0.148. The maximum atomic E-state index is 13.7. The van der Waals surface area contributed by atoms with Gasteiger partial charge in [0.1, 0.15) is 5.82 Å². The fourth-order valence-electron chi connectivity index (χ4n) is 2.97. The zero-order valence-corrected chi connectivity index (χ0v) is 14.9. The van der Waals surface area contributed by atoms with Crippen molar-refractivity contribution in [2.24, 2.45) is 10.9 Å². The molecule has 1 aromatic carbocycles. The molecule has 0 aliphatic carbocycles. The zero-order chi connectivity index (χ0) is 17.2. The van der Waals surface area contributed by atoms with Gasteiger partial charge < -0.3 is 15.0 Å². The Balaban J connectivity index is 1.83. The average molecular weight is 335 g/mol. The van der Waals surface area contributed by atoms with Crippen LogP contribution in [0.3, 0.4) is 0 Å². The van der Waals surface area contributed by atoms with E-state index in [0.29, 0.717) is 13.0 Å². The molecular formula is C19H30FN3O. The van der Waals surface area contributed by atoms with Crippen molar-refractivity contribution >= 4 is 5.96 Å². The van der Waals surface area contributed by atoms with Crippen LogP contribution >= 0.6 is 0 Å². The summed E-state index contributed by atoms with van der Waals surface area (Å²) in [5.74, 6) is 1.51. The van der Waals surface area contributed by atoms with Crippen LogP contribution in [0.5, 0.6) is 0 Å². The molecule has 0 radical (unpaired) electrons. The van der Waals surface area contributed by atoms with Crippen molar-refractivity contribution in [1.29, 1.82) is 0 Å². The number of nitrogens with one attached hydrogen (secondary N) is 1. The molecule has 1 heterocycles. The minimum Gasteiger partial charge on any atom is -0.381 e. The summed E-state index contributed by atoms with van der Waals surface area (Å²) >= 11 is 0. The summed E-state index contributed by atoms with van der Waals surface area (Å²) in [6.07, 6.45) is 4.11. The second-order valence-electron chi connectivity index (χ2n) is 6.34. The van der Waals surface area contributed by atoms with Crippen LogP contribution in [0.25, 0.3) is 0 Å². The monoisotopic (exact) mass is 335 g/mol. The maximum absolute atomic E-state index is 13.7. The molecule has 1 aromatic rings. The van der Waals surface area contributed by atoms with Gasteiger partial charge in [-0.25, -0.2) is 4.39 Å². The Bertz CT molecular complexity index is 515. The molecule has 24 heavy (non-hydrogen) atoms. The summed E-state index contributed by atoms with van der Waals surface area (Å²) in [7, 11) is 2.07. The lowest BCUT2D eigenvalue weighted by atomic mass is 9.96. The Kier molecular flexibility index (Phi) is 8.02. The smallest absolute Gasteiger partial charge is 0.193 e. The number of hydrogen-bond acceptors (Lipinski definition) is 2. The van der Waals surface area contributed by atoms with Crippen LogP contribution in [-0.4, -0.2) is 50.8 Å². The quantitative estimate of drug-likeness (QED) is 0.614. The van der Waals surface area contributed by atoms with Gasteiger partial charge in [-0.3, -0.25) is 4.99 Å². The topological polar surface area (TPSA) is 36.9 Å². The Labute approximate surface area is 145 Å². The highest BCUT2D eigenvalue weighted by molar-refractivity contribution is 5.79. The Hall–Kier alpha value is -1.62. The number of hydrogen-bond donors (Lipinski definition) is 1. The van der Waals surface area contributed by atoms with Gasteiger partial charge in [0.15, 0.2) is 5.96 Å². The molecule has 1 fully saturated rings. The molecular weight excluding hydrogens is 305 g/mol. The van der Waals surface area contributed by atoms with Gasteiger partial charge in [-0.1, -0.05) is 18.2 Å². The van der Waals surface area contributed by atoms with Crippen LogP contribution in [0.4, 0.5) is 4.39 Å². The van der Waals surface area contributed by atoms with Gasteiger partial charge in [-0.05, 0) is 50.2 Å². The van der Waals surface area contributed by atoms with Crippen LogP contribution in [-0.2, 0) is 11.2 Å². The summed E-state index contributed by atoms with van der Waals surface area (Å²) in [6.45, 7) is 6.26. The molecule has 0 bridgehead atoms. The standard InChI is InChI=1S/C19H30FN3O/c1-3-21-19(22-12-8-17-6-4-5-7-18(17)20)23(2)13-9-16-10-14-24-15-11-16/h4-7,16H,3,8-15H2,1-2H3,(H,21,22). The van der Waals surface area contributed by atoms with Gasteiger partial charge in [0.05, 0.1) is 0 Å². The molecule has 0 unspecified atom stereocenters. The first kappa shape index (κ1) is 18.7. The number of ether oxygens (including phenoxy) is 1. The van der Waals surface area contributed by atoms with Crippen LogP contribution < -0.4 is 5.32 Å². The third kappa shape index (κ3) is 6.11. The molecule has 5 heteroatoms. The minimum absolute atomic E-state index is 0.148. The molecule has 0 aromatic heterocycles. The van der Waals surface area contributed by atoms with Gasteiger partial charge in [-0.2, -0.15) is 0 Å². The van der Waals surface area contributed by atoms with Crippen molar-refractivity contribution in [3.05, 3.63) is 35.6 Å². The molecule has 1 aliphatic rings.